The van der Waals surface area contributed by atoms with E-state index in [2.05, 4.69) is 17.9 Å². The summed E-state index contributed by atoms with van der Waals surface area (Å²) in [7, 11) is 0. The molecule has 1 unspecified atom stereocenters. The predicted octanol–water partition coefficient (Wildman–Crippen LogP) is -0.570. The van der Waals surface area contributed by atoms with Gasteiger partial charge in [-0.25, -0.2) is 0 Å². The van der Waals surface area contributed by atoms with E-state index >= 15 is 0 Å². The molecule has 1 amide bonds. The molecule has 12 heavy (non-hydrogen) atoms. The molecule has 0 rings (SSSR count). The van der Waals surface area contributed by atoms with Gasteiger partial charge in [-0.2, -0.15) is 12.6 Å². The van der Waals surface area contributed by atoms with Gasteiger partial charge in [0.15, 0.2) is 0 Å². The Morgan fingerprint density at radius 2 is 2.33 bits per heavy atom. The highest BCUT2D eigenvalue weighted by Crippen LogP contribution is 1.90. The van der Waals surface area contributed by atoms with E-state index in [0.29, 0.717) is 19.8 Å². The second-order valence-corrected chi connectivity index (χ2v) is 3.08. The summed E-state index contributed by atoms with van der Waals surface area (Å²) in [5.74, 6) is -0.106. The Hall–Kier alpha value is -0.260. The summed E-state index contributed by atoms with van der Waals surface area (Å²) in [6.45, 7) is 2.91. The lowest BCUT2D eigenvalue weighted by atomic mass is 10.4. The van der Waals surface area contributed by atoms with E-state index in [4.69, 9.17) is 9.84 Å². The Labute approximate surface area is 77.7 Å². The molecule has 0 spiro atoms. The van der Waals surface area contributed by atoms with Crippen molar-refractivity contribution in [3.63, 3.8) is 0 Å². The van der Waals surface area contributed by atoms with E-state index in [1.54, 1.807) is 6.92 Å². The summed E-state index contributed by atoms with van der Waals surface area (Å²) in [5.41, 5.74) is 0. The standard InChI is InChI=1S/C7H15NO3S/c1-6(12)7(10)8-2-4-11-5-3-9/h6,9,12H,2-5H2,1H3,(H,8,10). The van der Waals surface area contributed by atoms with Crippen LogP contribution in [0.15, 0.2) is 0 Å². The number of aliphatic hydroxyl groups excluding tert-OH is 1. The quantitative estimate of drug-likeness (QED) is 0.391. The maximum absolute atomic E-state index is 10.9. The monoisotopic (exact) mass is 193 g/mol. The van der Waals surface area contributed by atoms with E-state index in [-0.39, 0.29) is 17.8 Å². The van der Waals surface area contributed by atoms with Gasteiger partial charge in [0.2, 0.25) is 5.91 Å². The Bertz CT molecular complexity index is 130. The van der Waals surface area contributed by atoms with Crippen molar-refractivity contribution in [3.8, 4) is 0 Å². The van der Waals surface area contributed by atoms with Gasteiger partial charge in [-0.3, -0.25) is 4.79 Å². The van der Waals surface area contributed by atoms with E-state index < -0.39 is 0 Å². The summed E-state index contributed by atoms with van der Waals surface area (Å²) in [5, 5.41) is 10.7. The average Bonchev–Trinajstić information content (AvgIpc) is 2.03. The fraction of sp³-hybridized carbons (Fsp3) is 0.857. The molecule has 0 bridgehead atoms. The highest BCUT2D eigenvalue weighted by atomic mass is 32.1. The third kappa shape index (κ3) is 6.45. The summed E-state index contributed by atoms with van der Waals surface area (Å²) in [4.78, 5) is 10.9. The summed E-state index contributed by atoms with van der Waals surface area (Å²) >= 11 is 3.94. The minimum Gasteiger partial charge on any atom is -0.394 e. The van der Waals surface area contributed by atoms with Crippen molar-refractivity contribution in [2.45, 2.75) is 12.2 Å². The smallest absolute Gasteiger partial charge is 0.232 e. The van der Waals surface area contributed by atoms with Gasteiger partial charge in [-0.1, -0.05) is 0 Å². The summed E-state index contributed by atoms with van der Waals surface area (Å²) in [6, 6.07) is 0. The molecule has 4 nitrogen and oxygen atoms in total. The number of hydrogen-bond acceptors (Lipinski definition) is 4. The number of aliphatic hydroxyl groups is 1. The summed E-state index contributed by atoms with van der Waals surface area (Å²) in [6.07, 6.45) is 0. The molecular formula is C7H15NO3S. The molecule has 1 atom stereocenters. The van der Waals surface area contributed by atoms with Crippen LogP contribution in [0.5, 0.6) is 0 Å². The van der Waals surface area contributed by atoms with E-state index in [1.165, 1.54) is 0 Å². The maximum atomic E-state index is 10.9. The highest BCUT2D eigenvalue weighted by molar-refractivity contribution is 7.81. The lowest BCUT2D eigenvalue weighted by molar-refractivity contribution is -0.120. The normalized spacial score (nSPS) is 12.6. The molecule has 0 aliphatic heterocycles. The largest absolute Gasteiger partial charge is 0.394 e. The number of rotatable bonds is 6. The Morgan fingerprint density at radius 1 is 1.67 bits per heavy atom. The second kappa shape index (κ2) is 7.39. The number of hydrogen-bond donors (Lipinski definition) is 3. The molecule has 0 aromatic rings. The van der Waals surface area contributed by atoms with Crippen LogP contribution >= 0.6 is 12.6 Å². The second-order valence-electron chi connectivity index (χ2n) is 2.30. The molecule has 0 saturated carbocycles. The third-order valence-corrected chi connectivity index (χ3v) is 1.40. The highest BCUT2D eigenvalue weighted by Gasteiger charge is 2.05. The van der Waals surface area contributed by atoms with Crippen molar-refractivity contribution >= 4 is 18.5 Å². The molecule has 0 aromatic carbocycles. The maximum Gasteiger partial charge on any atom is 0.232 e. The van der Waals surface area contributed by atoms with Crippen LogP contribution in [0.2, 0.25) is 0 Å². The van der Waals surface area contributed by atoms with Gasteiger partial charge >= 0.3 is 0 Å². The van der Waals surface area contributed by atoms with Gasteiger partial charge in [0.05, 0.1) is 25.1 Å². The minimum atomic E-state index is -0.289. The van der Waals surface area contributed by atoms with Crippen molar-refractivity contribution in [3.05, 3.63) is 0 Å². The zero-order valence-corrected chi connectivity index (χ0v) is 8.01. The van der Waals surface area contributed by atoms with Crippen molar-refractivity contribution < 1.29 is 14.6 Å². The number of carbonyl (C=O) groups is 1. The van der Waals surface area contributed by atoms with Crippen LogP contribution in [0, 0.1) is 0 Å². The van der Waals surface area contributed by atoms with Crippen LogP contribution < -0.4 is 5.32 Å². The first-order valence-electron chi connectivity index (χ1n) is 3.83. The molecular weight excluding hydrogens is 178 g/mol. The first-order valence-corrected chi connectivity index (χ1v) is 4.34. The SMILES string of the molecule is CC(S)C(=O)NCCOCCO. The molecule has 0 aromatic heterocycles. The third-order valence-electron chi connectivity index (χ3n) is 1.16. The number of ether oxygens (including phenoxy) is 1. The molecule has 0 aliphatic carbocycles. The molecule has 0 aliphatic rings. The van der Waals surface area contributed by atoms with Crippen LogP contribution in [0.1, 0.15) is 6.92 Å². The van der Waals surface area contributed by atoms with Gasteiger partial charge in [-0.15, -0.1) is 0 Å². The molecule has 0 heterocycles. The zero-order valence-electron chi connectivity index (χ0n) is 7.12. The first kappa shape index (κ1) is 11.7. The zero-order chi connectivity index (χ0) is 9.40. The van der Waals surface area contributed by atoms with Gasteiger partial charge < -0.3 is 15.2 Å². The van der Waals surface area contributed by atoms with E-state index in [1.807, 2.05) is 0 Å². The molecule has 2 N–H and O–H groups in total. The van der Waals surface area contributed by atoms with Crippen LogP contribution in [0.4, 0.5) is 0 Å². The van der Waals surface area contributed by atoms with Crippen molar-refractivity contribution in [1.82, 2.24) is 5.32 Å². The van der Waals surface area contributed by atoms with E-state index in [9.17, 15) is 4.79 Å². The predicted molar refractivity (Wildman–Crippen MR) is 49.4 cm³/mol. The fourth-order valence-corrected chi connectivity index (χ4v) is 0.652. The van der Waals surface area contributed by atoms with Crippen LogP contribution in [0.3, 0.4) is 0 Å². The van der Waals surface area contributed by atoms with Crippen molar-refractivity contribution in [2.75, 3.05) is 26.4 Å². The van der Waals surface area contributed by atoms with Crippen LogP contribution in [-0.4, -0.2) is 42.6 Å². The van der Waals surface area contributed by atoms with Crippen molar-refractivity contribution in [1.29, 1.82) is 0 Å². The molecule has 0 radical (unpaired) electrons. The fourth-order valence-electron chi connectivity index (χ4n) is 0.561. The number of nitrogens with one attached hydrogen (secondary N) is 1. The summed E-state index contributed by atoms with van der Waals surface area (Å²) < 4.78 is 4.92. The van der Waals surface area contributed by atoms with Crippen LogP contribution in [-0.2, 0) is 9.53 Å². The molecule has 5 heteroatoms. The Kier molecular flexibility index (Phi) is 7.23. The lowest BCUT2D eigenvalue weighted by Crippen LogP contribution is -2.32. The van der Waals surface area contributed by atoms with Gasteiger partial charge in [-0.05, 0) is 6.92 Å². The van der Waals surface area contributed by atoms with E-state index in [0.717, 1.165) is 0 Å². The van der Waals surface area contributed by atoms with Gasteiger partial charge in [0.25, 0.3) is 0 Å². The van der Waals surface area contributed by atoms with Crippen molar-refractivity contribution in [2.24, 2.45) is 0 Å². The molecule has 72 valence electrons. The molecule has 0 saturated heterocycles. The average molecular weight is 193 g/mol. The molecule has 0 fully saturated rings. The Morgan fingerprint density at radius 3 is 2.83 bits per heavy atom. The van der Waals surface area contributed by atoms with Gasteiger partial charge in [0, 0.05) is 6.54 Å². The number of thiol groups is 1. The lowest BCUT2D eigenvalue weighted by Gasteiger charge is -2.06. The number of carbonyl (C=O) groups excluding carboxylic acids is 1. The van der Waals surface area contributed by atoms with Crippen LogP contribution in [0.25, 0.3) is 0 Å². The minimum absolute atomic E-state index is 0.0108. The van der Waals surface area contributed by atoms with Gasteiger partial charge in [0.1, 0.15) is 0 Å². The number of amides is 1. The Balaban J connectivity index is 3.14. The topological polar surface area (TPSA) is 58.6 Å². The first-order chi connectivity index (χ1) is 5.68.